The molecule has 2 N–H and O–H groups in total. The van der Waals surface area contributed by atoms with Crippen LogP contribution in [0.4, 0.5) is 5.69 Å². The molecule has 100 valence electrons. The molecule has 1 atom stereocenters. The molecular formula is C14H24N4. The van der Waals surface area contributed by atoms with Crippen LogP contribution in [0.2, 0.25) is 0 Å². The summed E-state index contributed by atoms with van der Waals surface area (Å²) in [6.07, 6.45) is 6.14. The molecule has 0 radical (unpaired) electrons. The number of likely N-dealkylation sites (N-methyl/N-ethyl adjacent to an activating group) is 1. The molecule has 1 aromatic rings. The van der Waals surface area contributed by atoms with E-state index < -0.39 is 0 Å². The molecular weight excluding hydrogens is 224 g/mol. The maximum absolute atomic E-state index is 5.83. The van der Waals surface area contributed by atoms with Crippen LogP contribution in [0.1, 0.15) is 25.3 Å². The molecule has 0 amide bonds. The van der Waals surface area contributed by atoms with Gasteiger partial charge in [-0.1, -0.05) is 6.92 Å². The van der Waals surface area contributed by atoms with Crippen molar-refractivity contribution in [3.05, 3.63) is 24.0 Å². The average molecular weight is 248 g/mol. The minimum Gasteiger partial charge on any atom is -0.367 e. The quantitative estimate of drug-likeness (QED) is 0.879. The fraction of sp³-hybridized carbons (Fsp3) is 0.643. The highest BCUT2D eigenvalue weighted by atomic mass is 15.2. The van der Waals surface area contributed by atoms with Crippen molar-refractivity contribution in [1.29, 1.82) is 0 Å². The Labute approximate surface area is 110 Å². The first-order valence-corrected chi connectivity index (χ1v) is 6.84. The van der Waals surface area contributed by atoms with Crippen LogP contribution in [-0.2, 0) is 6.54 Å². The fourth-order valence-corrected chi connectivity index (χ4v) is 2.77. The number of rotatable bonds is 3. The summed E-state index contributed by atoms with van der Waals surface area (Å²) < 4.78 is 0. The van der Waals surface area contributed by atoms with E-state index in [9.17, 15) is 0 Å². The lowest BCUT2D eigenvalue weighted by atomic mass is 10.1. The molecule has 1 fully saturated rings. The fourth-order valence-electron chi connectivity index (χ4n) is 2.77. The van der Waals surface area contributed by atoms with Gasteiger partial charge in [0.2, 0.25) is 0 Å². The summed E-state index contributed by atoms with van der Waals surface area (Å²) in [6.45, 7) is 6.24. The molecule has 18 heavy (non-hydrogen) atoms. The van der Waals surface area contributed by atoms with Crippen LogP contribution in [0.5, 0.6) is 0 Å². The van der Waals surface area contributed by atoms with Crippen LogP contribution in [0.3, 0.4) is 0 Å². The maximum Gasteiger partial charge on any atom is 0.0445 e. The van der Waals surface area contributed by atoms with Gasteiger partial charge in [0, 0.05) is 49.3 Å². The molecule has 4 nitrogen and oxygen atoms in total. The van der Waals surface area contributed by atoms with Crippen LogP contribution < -0.4 is 10.6 Å². The topological polar surface area (TPSA) is 45.4 Å². The van der Waals surface area contributed by atoms with E-state index in [-0.39, 0.29) is 0 Å². The largest absolute Gasteiger partial charge is 0.367 e. The molecule has 0 spiro atoms. The van der Waals surface area contributed by atoms with Crippen molar-refractivity contribution in [2.24, 2.45) is 5.73 Å². The Bertz CT molecular complexity index is 380. The molecule has 1 saturated heterocycles. The lowest BCUT2D eigenvalue weighted by molar-refractivity contribution is 0.328. The number of anilines is 1. The Morgan fingerprint density at radius 2 is 2.28 bits per heavy atom. The normalized spacial score (nSPS) is 21.9. The highest BCUT2D eigenvalue weighted by Gasteiger charge is 2.23. The van der Waals surface area contributed by atoms with Crippen LogP contribution in [-0.4, -0.2) is 42.6 Å². The zero-order chi connectivity index (χ0) is 13.0. The Morgan fingerprint density at radius 1 is 1.44 bits per heavy atom. The van der Waals surface area contributed by atoms with Gasteiger partial charge < -0.3 is 15.5 Å². The predicted octanol–water partition coefficient (Wildman–Crippen LogP) is 1.46. The van der Waals surface area contributed by atoms with Gasteiger partial charge in [-0.15, -0.1) is 0 Å². The van der Waals surface area contributed by atoms with Crippen molar-refractivity contribution >= 4 is 5.69 Å². The van der Waals surface area contributed by atoms with E-state index in [4.69, 9.17) is 5.73 Å². The van der Waals surface area contributed by atoms with Gasteiger partial charge in [-0.25, -0.2) is 0 Å². The first-order valence-electron chi connectivity index (χ1n) is 6.84. The number of nitrogens with two attached hydrogens (primary N) is 1. The maximum atomic E-state index is 5.83. The monoisotopic (exact) mass is 248 g/mol. The summed E-state index contributed by atoms with van der Waals surface area (Å²) in [5, 5.41) is 0. The zero-order valence-electron chi connectivity index (χ0n) is 11.5. The van der Waals surface area contributed by atoms with Crippen LogP contribution in [0.15, 0.2) is 18.5 Å². The predicted molar refractivity (Wildman–Crippen MR) is 75.7 cm³/mol. The van der Waals surface area contributed by atoms with E-state index in [1.165, 1.54) is 18.7 Å². The van der Waals surface area contributed by atoms with Crippen molar-refractivity contribution in [1.82, 2.24) is 9.88 Å². The van der Waals surface area contributed by atoms with Crippen molar-refractivity contribution in [3.63, 3.8) is 0 Å². The van der Waals surface area contributed by atoms with Gasteiger partial charge in [0.25, 0.3) is 0 Å². The Hall–Kier alpha value is -1.13. The average Bonchev–Trinajstić information content (AvgIpc) is 2.60. The van der Waals surface area contributed by atoms with Gasteiger partial charge in [0.1, 0.15) is 0 Å². The second-order valence-electron chi connectivity index (χ2n) is 5.08. The van der Waals surface area contributed by atoms with Gasteiger partial charge in [0.05, 0.1) is 0 Å². The number of aromatic nitrogens is 1. The van der Waals surface area contributed by atoms with Gasteiger partial charge in [-0.2, -0.15) is 0 Å². The second-order valence-corrected chi connectivity index (χ2v) is 5.08. The molecule has 2 rings (SSSR count). The summed E-state index contributed by atoms with van der Waals surface area (Å²) in [5.74, 6) is 0. The smallest absolute Gasteiger partial charge is 0.0445 e. The minimum absolute atomic E-state index is 0.561. The summed E-state index contributed by atoms with van der Waals surface area (Å²) >= 11 is 0. The molecule has 1 aromatic heterocycles. The lowest BCUT2D eigenvalue weighted by Gasteiger charge is -2.33. The highest BCUT2D eigenvalue weighted by molar-refractivity contribution is 5.53. The second kappa shape index (κ2) is 6.16. The van der Waals surface area contributed by atoms with Gasteiger partial charge in [-0.05, 0) is 32.5 Å². The standard InChI is InChI=1S/C14H24N4/c1-3-13-11-17(2)7-4-8-18(13)14-5-6-16-10-12(14)9-15/h5-6,10,13H,3-4,7-9,11,15H2,1-2H3. The van der Waals surface area contributed by atoms with E-state index in [1.54, 1.807) is 0 Å². The molecule has 4 heteroatoms. The SMILES string of the molecule is CCC1CN(C)CCCN1c1ccncc1CN. The third-order valence-electron chi connectivity index (χ3n) is 3.78. The number of pyridine rings is 1. The zero-order valence-corrected chi connectivity index (χ0v) is 11.5. The van der Waals surface area contributed by atoms with Gasteiger partial charge >= 0.3 is 0 Å². The summed E-state index contributed by atoms with van der Waals surface area (Å²) in [4.78, 5) is 9.13. The Balaban J connectivity index is 2.28. The van der Waals surface area contributed by atoms with Gasteiger partial charge in [0.15, 0.2) is 0 Å². The third kappa shape index (κ3) is 2.82. The summed E-state index contributed by atoms with van der Waals surface area (Å²) in [6, 6.07) is 2.68. The van der Waals surface area contributed by atoms with Crippen LogP contribution in [0, 0.1) is 0 Å². The summed E-state index contributed by atoms with van der Waals surface area (Å²) in [7, 11) is 2.21. The molecule has 0 aromatic carbocycles. The first-order chi connectivity index (χ1) is 8.76. The van der Waals surface area contributed by atoms with E-state index in [0.29, 0.717) is 12.6 Å². The van der Waals surface area contributed by atoms with E-state index >= 15 is 0 Å². The van der Waals surface area contributed by atoms with Crippen molar-refractivity contribution in [3.8, 4) is 0 Å². The van der Waals surface area contributed by atoms with E-state index in [1.807, 2.05) is 12.4 Å². The number of hydrogen-bond donors (Lipinski definition) is 1. The number of hydrogen-bond acceptors (Lipinski definition) is 4. The molecule has 1 unspecified atom stereocenters. The van der Waals surface area contributed by atoms with E-state index in [0.717, 1.165) is 25.1 Å². The van der Waals surface area contributed by atoms with Crippen molar-refractivity contribution in [2.45, 2.75) is 32.4 Å². The van der Waals surface area contributed by atoms with Gasteiger partial charge in [-0.3, -0.25) is 4.98 Å². The molecule has 0 aliphatic carbocycles. The number of nitrogens with zero attached hydrogens (tertiary/aromatic N) is 3. The highest BCUT2D eigenvalue weighted by Crippen LogP contribution is 2.24. The minimum atomic E-state index is 0.561. The first kappa shape index (κ1) is 13.3. The van der Waals surface area contributed by atoms with E-state index in [2.05, 4.69) is 34.8 Å². The Morgan fingerprint density at radius 3 is 3.00 bits per heavy atom. The Kier molecular flexibility index (Phi) is 4.55. The van der Waals surface area contributed by atoms with Crippen molar-refractivity contribution < 1.29 is 0 Å². The van der Waals surface area contributed by atoms with Crippen LogP contribution >= 0.6 is 0 Å². The lowest BCUT2D eigenvalue weighted by Crippen LogP contribution is -2.40. The van der Waals surface area contributed by atoms with Crippen LogP contribution in [0.25, 0.3) is 0 Å². The molecule has 1 aliphatic rings. The molecule has 1 aliphatic heterocycles. The molecule has 2 heterocycles. The molecule has 0 saturated carbocycles. The molecule has 0 bridgehead atoms. The third-order valence-corrected chi connectivity index (χ3v) is 3.78. The van der Waals surface area contributed by atoms with Crippen molar-refractivity contribution in [2.75, 3.05) is 31.6 Å². The summed E-state index contributed by atoms with van der Waals surface area (Å²) in [5.41, 5.74) is 8.26.